The van der Waals surface area contributed by atoms with Crippen LogP contribution in [0.1, 0.15) is 32.5 Å². The first-order valence-electron chi connectivity index (χ1n) is 8.43. The second-order valence-corrected chi connectivity index (χ2v) is 6.39. The van der Waals surface area contributed by atoms with E-state index in [4.69, 9.17) is 9.47 Å². The number of hydrogen-bond donors (Lipinski definition) is 1. The van der Waals surface area contributed by atoms with Crippen LogP contribution in [0.5, 0.6) is 11.5 Å². The highest BCUT2D eigenvalue weighted by atomic mass is 32.1. The van der Waals surface area contributed by atoms with E-state index < -0.39 is 5.97 Å². The first kappa shape index (κ1) is 19.2. The number of thiophene rings is 1. The number of carbonyl (C=O) groups is 2. The lowest BCUT2D eigenvalue weighted by Crippen LogP contribution is -2.17. The van der Waals surface area contributed by atoms with Gasteiger partial charge in [-0.25, -0.2) is 10.2 Å². The predicted molar refractivity (Wildman–Crippen MR) is 106 cm³/mol. The molecule has 0 fully saturated rings. The van der Waals surface area contributed by atoms with Crippen LogP contribution >= 0.6 is 11.3 Å². The molecule has 1 amide bonds. The zero-order chi connectivity index (χ0) is 19.8. The SMILES string of the molecule is CCOc1cc(/C=N/NC(=O)c2cccnc2)ccc1OC(=O)c1cccs1. The Bertz CT molecular complexity index is 972. The Morgan fingerprint density at radius 1 is 1.21 bits per heavy atom. The molecule has 7 nitrogen and oxygen atoms in total. The molecule has 0 saturated heterocycles. The molecule has 2 aromatic heterocycles. The van der Waals surface area contributed by atoms with Gasteiger partial charge in [-0.3, -0.25) is 9.78 Å². The smallest absolute Gasteiger partial charge is 0.353 e. The number of esters is 1. The molecule has 142 valence electrons. The molecule has 1 N–H and O–H groups in total. The summed E-state index contributed by atoms with van der Waals surface area (Å²) in [5, 5.41) is 5.74. The van der Waals surface area contributed by atoms with E-state index >= 15 is 0 Å². The van der Waals surface area contributed by atoms with E-state index in [0.717, 1.165) is 0 Å². The zero-order valence-corrected chi connectivity index (χ0v) is 15.8. The summed E-state index contributed by atoms with van der Waals surface area (Å²) < 4.78 is 11.0. The standard InChI is InChI=1S/C20H17N3O4S/c1-2-26-17-11-14(12-22-23-19(24)15-5-3-9-21-13-15)7-8-16(17)27-20(25)18-6-4-10-28-18/h3-13H,2H2,1H3,(H,23,24)/b22-12+. The van der Waals surface area contributed by atoms with Crippen LogP contribution < -0.4 is 14.9 Å². The van der Waals surface area contributed by atoms with Crippen molar-refractivity contribution in [3.05, 3.63) is 76.2 Å². The molecular formula is C20H17N3O4S. The molecule has 0 aliphatic heterocycles. The van der Waals surface area contributed by atoms with E-state index in [1.807, 2.05) is 6.92 Å². The molecule has 0 aliphatic rings. The maximum atomic E-state index is 12.2. The van der Waals surface area contributed by atoms with Crippen LogP contribution in [0.2, 0.25) is 0 Å². The highest BCUT2D eigenvalue weighted by molar-refractivity contribution is 7.12. The lowest BCUT2D eigenvalue weighted by molar-refractivity contribution is 0.0733. The number of aromatic nitrogens is 1. The van der Waals surface area contributed by atoms with Crippen molar-refractivity contribution >= 4 is 29.4 Å². The van der Waals surface area contributed by atoms with Gasteiger partial charge in [-0.1, -0.05) is 6.07 Å². The Morgan fingerprint density at radius 3 is 2.82 bits per heavy atom. The van der Waals surface area contributed by atoms with Crippen molar-refractivity contribution in [3.63, 3.8) is 0 Å². The molecule has 0 spiro atoms. The van der Waals surface area contributed by atoms with Gasteiger partial charge in [0.25, 0.3) is 5.91 Å². The van der Waals surface area contributed by atoms with Crippen LogP contribution in [0.3, 0.4) is 0 Å². The van der Waals surface area contributed by atoms with Crippen molar-refractivity contribution < 1.29 is 19.1 Å². The van der Waals surface area contributed by atoms with Crippen molar-refractivity contribution in [1.29, 1.82) is 0 Å². The van der Waals surface area contributed by atoms with Crippen LogP contribution in [-0.2, 0) is 0 Å². The van der Waals surface area contributed by atoms with Crippen LogP contribution in [0.25, 0.3) is 0 Å². The molecule has 28 heavy (non-hydrogen) atoms. The van der Waals surface area contributed by atoms with Gasteiger partial charge in [0, 0.05) is 12.4 Å². The maximum Gasteiger partial charge on any atom is 0.353 e. The minimum absolute atomic E-state index is 0.316. The average Bonchev–Trinajstić information content (AvgIpc) is 3.25. The largest absolute Gasteiger partial charge is 0.490 e. The minimum atomic E-state index is -0.443. The summed E-state index contributed by atoms with van der Waals surface area (Å²) in [6, 6.07) is 11.8. The maximum absolute atomic E-state index is 12.2. The van der Waals surface area contributed by atoms with Crippen LogP contribution in [0.4, 0.5) is 0 Å². The number of benzene rings is 1. The third kappa shape index (κ3) is 5.01. The third-order valence-electron chi connectivity index (χ3n) is 3.50. The Kier molecular flexibility index (Phi) is 6.48. The Balaban J connectivity index is 1.69. The fraction of sp³-hybridized carbons (Fsp3) is 0.100. The van der Waals surface area contributed by atoms with E-state index in [1.165, 1.54) is 23.7 Å². The fourth-order valence-electron chi connectivity index (χ4n) is 2.23. The summed E-state index contributed by atoms with van der Waals surface area (Å²) >= 11 is 1.30. The van der Waals surface area contributed by atoms with Crippen LogP contribution in [0.15, 0.2) is 65.3 Å². The fourth-order valence-corrected chi connectivity index (χ4v) is 2.83. The van der Waals surface area contributed by atoms with Gasteiger partial charge < -0.3 is 9.47 Å². The number of carbonyl (C=O) groups excluding carboxylic acids is 2. The molecule has 2 heterocycles. The van der Waals surface area contributed by atoms with Crippen molar-refractivity contribution in [1.82, 2.24) is 10.4 Å². The van der Waals surface area contributed by atoms with E-state index in [0.29, 0.717) is 34.1 Å². The molecule has 1 aromatic carbocycles. The molecule has 0 saturated carbocycles. The molecule has 0 bridgehead atoms. The molecule has 8 heteroatoms. The lowest BCUT2D eigenvalue weighted by atomic mass is 10.2. The summed E-state index contributed by atoms with van der Waals surface area (Å²) in [6.45, 7) is 2.24. The van der Waals surface area contributed by atoms with Crippen LogP contribution in [-0.4, -0.2) is 29.7 Å². The summed E-state index contributed by atoms with van der Waals surface area (Å²) in [5.74, 6) is -0.0799. The molecule has 3 rings (SSSR count). The van der Waals surface area contributed by atoms with Gasteiger partial charge in [-0.2, -0.15) is 5.10 Å². The number of hydrazone groups is 1. The summed E-state index contributed by atoms with van der Waals surface area (Å²) in [6.07, 6.45) is 4.51. The topological polar surface area (TPSA) is 89.9 Å². The number of ether oxygens (including phenoxy) is 2. The van der Waals surface area contributed by atoms with E-state index in [1.54, 1.807) is 54.0 Å². The van der Waals surface area contributed by atoms with Crippen molar-refractivity contribution in [3.8, 4) is 11.5 Å². The quantitative estimate of drug-likeness (QED) is 0.286. The summed E-state index contributed by atoms with van der Waals surface area (Å²) in [4.78, 5) is 28.5. The van der Waals surface area contributed by atoms with Crippen molar-refractivity contribution in [2.45, 2.75) is 6.92 Å². The second-order valence-electron chi connectivity index (χ2n) is 5.45. The third-order valence-corrected chi connectivity index (χ3v) is 4.35. The van der Waals surface area contributed by atoms with Gasteiger partial charge in [-0.15, -0.1) is 11.3 Å². The van der Waals surface area contributed by atoms with Gasteiger partial charge in [0.2, 0.25) is 0 Å². The number of amides is 1. The number of nitrogens with zero attached hydrogens (tertiary/aromatic N) is 2. The van der Waals surface area contributed by atoms with Crippen molar-refractivity contribution in [2.24, 2.45) is 5.10 Å². The number of hydrogen-bond acceptors (Lipinski definition) is 7. The van der Waals surface area contributed by atoms with E-state index in [2.05, 4.69) is 15.5 Å². The highest BCUT2D eigenvalue weighted by Crippen LogP contribution is 2.29. The molecular weight excluding hydrogens is 378 g/mol. The van der Waals surface area contributed by atoms with Gasteiger partial charge in [0.05, 0.1) is 18.4 Å². The van der Waals surface area contributed by atoms with Gasteiger partial charge >= 0.3 is 5.97 Å². The Morgan fingerprint density at radius 2 is 2.11 bits per heavy atom. The number of pyridine rings is 1. The summed E-state index contributed by atoms with van der Waals surface area (Å²) in [5.41, 5.74) is 3.51. The van der Waals surface area contributed by atoms with Gasteiger partial charge in [0.1, 0.15) is 4.88 Å². The normalized spacial score (nSPS) is 10.6. The lowest BCUT2D eigenvalue weighted by Gasteiger charge is -2.10. The van der Waals surface area contributed by atoms with Crippen LogP contribution in [0, 0.1) is 0 Å². The van der Waals surface area contributed by atoms with Gasteiger partial charge in [-0.05, 0) is 54.3 Å². The van der Waals surface area contributed by atoms with Gasteiger partial charge in [0.15, 0.2) is 11.5 Å². The molecule has 0 atom stereocenters. The molecule has 0 unspecified atom stereocenters. The molecule has 0 aliphatic carbocycles. The first-order chi connectivity index (χ1) is 13.7. The van der Waals surface area contributed by atoms with E-state index in [-0.39, 0.29) is 5.91 Å². The Labute approximate surface area is 165 Å². The Hall–Kier alpha value is -3.52. The molecule has 0 radical (unpaired) electrons. The summed E-state index contributed by atoms with van der Waals surface area (Å²) in [7, 11) is 0. The number of rotatable bonds is 7. The number of nitrogens with one attached hydrogen (secondary N) is 1. The zero-order valence-electron chi connectivity index (χ0n) is 15.0. The highest BCUT2D eigenvalue weighted by Gasteiger charge is 2.14. The van der Waals surface area contributed by atoms with E-state index in [9.17, 15) is 9.59 Å². The minimum Gasteiger partial charge on any atom is -0.490 e. The van der Waals surface area contributed by atoms with Crippen molar-refractivity contribution in [2.75, 3.05) is 6.61 Å². The first-order valence-corrected chi connectivity index (χ1v) is 9.31. The predicted octanol–water partition coefficient (Wildman–Crippen LogP) is 3.52. The monoisotopic (exact) mass is 395 g/mol. The molecule has 3 aromatic rings. The second kappa shape index (κ2) is 9.43. The average molecular weight is 395 g/mol.